The largest absolute Gasteiger partial charge is 4.00 e. The second-order valence-corrected chi connectivity index (χ2v) is 16.2. The number of hydrogen-bond acceptors (Lipinski definition) is 0. The zero-order chi connectivity index (χ0) is 29.2. The van der Waals surface area contributed by atoms with Crippen LogP contribution in [-0.2, 0) is 34.6 Å². The van der Waals surface area contributed by atoms with Gasteiger partial charge in [-0.05, 0) is 50.7 Å². The summed E-state index contributed by atoms with van der Waals surface area (Å²) in [6, 6.07) is 52.0. The first-order valence-electron chi connectivity index (χ1n) is 15.0. The maximum Gasteiger partial charge on any atom is 4.00 e. The number of halogens is 3. The first-order chi connectivity index (χ1) is 20.4. The van der Waals surface area contributed by atoms with Crippen LogP contribution in [0, 0.1) is 6.08 Å². The van der Waals surface area contributed by atoms with Gasteiger partial charge in [0, 0.05) is 0 Å². The van der Waals surface area contributed by atoms with Crippen LogP contribution in [0.4, 0.5) is 0 Å². The number of allylic oxidation sites excluding steroid dienone is 4. The van der Waals surface area contributed by atoms with Crippen molar-refractivity contribution < 1.29 is 58.9 Å². The van der Waals surface area contributed by atoms with Gasteiger partial charge in [-0.1, -0.05) is 165 Å². The summed E-state index contributed by atoms with van der Waals surface area (Å²) in [4.78, 5) is 0. The van der Waals surface area contributed by atoms with Crippen LogP contribution in [0.1, 0.15) is 49.9 Å². The number of rotatable bonds is 8. The van der Waals surface area contributed by atoms with E-state index in [1.54, 1.807) is 0 Å². The minimum absolute atomic E-state index is 0. The van der Waals surface area contributed by atoms with Gasteiger partial charge in [-0.25, -0.2) is 5.57 Å². The fourth-order valence-corrected chi connectivity index (χ4v) is 13.2. The Balaban J connectivity index is 0.00000184. The molecule has 1 aliphatic carbocycles. The van der Waals surface area contributed by atoms with Crippen molar-refractivity contribution in [2.45, 2.75) is 45.6 Å². The van der Waals surface area contributed by atoms with Gasteiger partial charge in [0.15, 0.2) is 0 Å². The van der Waals surface area contributed by atoms with Crippen molar-refractivity contribution in [3.63, 3.8) is 0 Å². The summed E-state index contributed by atoms with van der Waals surface area (Å²) in [6.45, 7) is 9.34. The van der Waals surface area contributed by atoms with Crippen LogP contribution in [0.25, 0.3) is 0 Å². The normalized spacial score (nSPS) is 15.4. The molecule has 0 heterocycles. The van der Waals surface area contributed by atoms with Crippen LogP contribution < -0.4 is 52.8 Å². The first-order valence-corrected chi connectivity index (χ1v) is 17.0. The van der Waals surface area contributed by atoms with Gasteiger partial charge in [-0.15, -0.1) is 6.92 Å². The van der Waals surface area contributed by atoms with Gasteiger partial charge in [0.2, 0.25) is 0 Å². The van der Waals surface area contributed by atoms with E-state index in [1.165, 1.54) is 54.5 Å². The van der Waals surface area contributed by atoms with Gasteiger partial charge >= 0.3 is 21.7 Å². The maximum atomic E-state index is 4.11. The molecule has 1 atom stereocenters. The molecule has 5 aromatic carbocycles. The van der Waals surface area contributed by atoms with Crippen LogP contribution in [0.3, 0.4) is 0 Å². The van der Waals surface area contributed by atoms with E-state index in [9.17, 15) is 0 Å². The predicted octanol–water partition coefficient (Wildman–Crippen LogP) is -0.792. The molecule has 0 aliphatic heterocycles. The summed E-state index contributed by atoms with van der Waals surface area (Å²) in [5.41, 5.74) is 9.52. The van der Waals surface area contributed by atoms with E-state index < -0.39 is 8.07 Å². The number of hydrogen-bond donors (Lipinski definition) is 0. The van der Waals surface area contributed by atoms with E-state index in [0.29, 0.717) is 0 Å². The van der Waals surface area contributed by atoms with Crippen LogP contribution in [-0.4, -0.2) is 8.07 Å². The zero-order valence-electron chi connectivity index (χ0n) is 26.8. The molecule has 232 valence electrons. The molecule has 0 spiro atoms. The Hall–Kier alpha value is -2.62. The average Bonchev–Trinajstić information content (AvgIpc) is 3.22. The minimum atomic E-state index is -2.75. The van der Waals surface area contributed by atoms with E-state index in [-0.39, 0.29) is 64.0 Å². The predicted molar refractivity (Wildman–Crippen MR) is 182 cm³/mol. The fraction of sp³-hybridized carbons (Fsp3) is 0.171. The Kier molecular flexibility index (Phi) is 14.6. The van der Waals surface area contributed by atoms with Crippen LogP contribution in [0.15, 0.2) is 156 Å². The molecule has 1 unspecified atom stereocenters. The van der Waals surface area contributed by atoms with Gasteiger partial charge in [-0.3, -0.25) is 6.08 Å². The van der Waals surface area contributed by atoms with Crippen LogP contribution in [0.2, 0.25) is 5.04 Å². The average molecular weight is 714 g/mol. The third-order valence-electron chi connectivity index (χ3n) is 9.46. The molecular formula is C41H39Cl3SiTi. The molecule has 0 saturated heterocycles. The molecule has 5 heteroatoms. The summed E-state index contributed by atoms with van der Waals surface area (Å²) in [6.07, 6.45) is 5.93. The third-order valence-corrected chi connectivity index (χ3v) is 15.0. The number of benzene rings is 5. The van der Waals surface area contributed by atoms with Gasteiger partial charge in [-0.2, -0.15) is 11.1 Å². The fourth-order valence-electron chi connectivity index (χ4n) is 7.18. The van der Waals surface area contributed by atoms with Crippen molar-refractivity contribution in [2.24, 2.45) is 0 Å². The molecule has 0 N–H and O–H groups in total. The molecule has 5 aromatic rings. The summed E-state index contributed by atoms with van der Waals surface area (Å²) >= 11 is 0. The van der Waals surface area contributed by atoms with E-state index in [1.807, 2.05) is 0 Å². The van der Waals surface area contributed by atoms with E-state index in [4.69, 9.17) is 0 Å². The topological polar surface area (TPSA) is 0 Å². The molecule has 0 radical (unpaired) electrons. The molecule has 0 bridgehead atoms. The third kappa shape index (κ3) is 7.42. The molecule has 0 aromatic heterocycles. The summed E-state index contributed by atoms with van der Waals surface area (Å²) in [5.74, 6) is 0. The van der Waals surface area contributed by atoms with Crippen LogP contribution in [0.5, 0.6) is 0 Å². The van der Waals surface area contributed by atoms with E-state index in [2.05, 4.69) is 173 Å². The molecular weight excluding hydrogens is 675 g/mol. The molecule has 6 rings (SSSR count). The van der Waals surface area contributed by atoms with Crippen LogP contribution >= 0.6 is 0 Å². The SMILES string of the molecule is CC1=[C-]C(C)([Si](c2ccccc2)(c2ccccc2)c2cc(Cc3ccccc3)cc(Cc3ccccc3)c2)C(C)=C1C.[Cl-].[Cl-].[Cl-].[Ti+4]. The van der Waals surface area contributed by atoms with Gasteiger partial charge in [0.1, 0.15) is 8.07 Å². The quantitative estimate of drug-likeness (QED) is 0.113. The van der Waals surface area contributed by atoms with Crippen molar-refractivity contribution in [3.05, 3.63) is 185 Å². The Morgan fingerprint density at radius 3 is 1.22 bits per heavy atom. The van der Waals surface area contributed by atoms with Crippen molar-refractivity contribution >= 4 is 23.6 Å². The molecule has 0 fully saturated rings. The van der Waals surface area contributed by atoms with Crippen molar-refractivity contribution in [2.75, 3.05) is 0 Å². The monoisotopic (exact) mass is 712 g/mol. The minimum Gasteiger partial charge on any atom is -1.00 e. The second kappa shape index (κ2) is 17.0. The molecule has 0 amide bonds. The summed E-state index contributed by atoms with van der Waals surface area (Å²) < 4.78 is 0. The van der Waals surface area contributed by atoms with Gasteiger partial charge in [0.05, 0.1) is 0 Å². The Labute approximate surface area is 310 Å². The maximum absolute atomic E-state index is 4.11. The zero-order valence-corrected chi connectivity index (χ0v) is 31.7. The van der Waals surface area contributed by atoms with E-state index >= 15 is 0 Å². The first kappa shape index (κ1) is 39.6. The van der Waals surface area contributed by atoms with Gasteiger partial charge in [0.25, 0.3) is 0 Å². The molecule has 1 aliphatic rings. The Morgan fingerprint density at radius 2 is 0.870 bits per heavy atom. The van der Waals surface area contributed by atoms with E-state index in [0.717, 1.165) is 12.8 Å². The summed E-state index contributed by atoms with van der Waals surface area (Å²) in [5, 5.41) is 4.06. The van der Waals surface area contributed by atoms with Crippen molar-refractivity contribution in [3.8, 4) is 0 Å². The Bertz CT molecular complexity index is 1650. The molecule has 0 nitrogen and oxygen atoms in total. The molecule has 46 heavy (non-hydrogen) atoms. The van der Waals surface area contributed by atoms with Crippen molar-refractivity contribution in [1.82, 2.24) is 0 Å². The van der Waals surface area contributed by atoms with Crippen molar-refractivity contribution in [1.29, 1.82) is 0 Å². The summed E-state index contributed by atoms with van der Waals surface area (Å²) in [7, 11) is -2.75. The standard InChI is InChI=1S/C41H39Si.3ClH.Ti/c1-31-30-41(4,33(3)32(31)2)42(38-21-13-7-14-22-38,39-23-15-8-16-24-39)40-28-36(25-34-17-9-5-10-18-34)27-37(29-40)26-35-19-11-6-12-20-35;;;;/h5-24,27-29H,25-26H2,1-4H3;3*1H;/q-1;;;;+4/p-3. The Morgan fingerprint density at radius 1 is 0.500 bits per heavy atom. The smallest absolute Gasteiger partial charge is 1.00 e. The molecule has 0 saturated carbocycles. The second-order valence-electron chi connectivity index (χ2n) is 12.0. The van der Waals surface area contributed by atoms with Gasteiger partial charge < -0.3 is 37.2 Å².